The lowest BCUT2D eigenvalue weighted by atomic mass is 10.2. The van der Waals surface area contributed by atoms with Crippen LogP contribution in [0.25, 0.3) is 47.1 Å². The van der Waals surface area contributed by atoms with Crippen molar-refractivity contribution < 1.29 is 24.0 Å². The molecule has 4 N–H and O–H groups in total. The fourth-order valence-electron chi connectivity index (χ4n) is 7.85. The Hall–Kier alpha value is -11.3. The molecule has 0 fully saturated rings. The van der Waals surface area contributed by atoms with Gasteiger partial charge >= 0.3 is 0 Å². The molecule has 4 aromatic heterocycles. The fraction of sp³-hybridized carbons (Fsp3) is 0.0299. The number of anilines is 4. The van der Waals surface area contributed by atoms with E-state index in [1.54, 1.807) is 208 Å². The van der Waals surface area contributed by atoms with Crippen molar-refractivity contribution in [3.63, 3.8) is 0 Å². The van der Waals surface area contributed by atoms with E-state index >= 15 is 0 Å². The Balaban J connectivity index is 0.000000167. The fourth-order valence-corrected chi connectivity index (χ4v) is 9.74. The molecule has 0 spiro atoms. The van der Waals surface area contributed by atoms with Crippen molar-refractivity contribution in [3.05, 3.63) is 282 Å². The molecule has 5 amide bonds. The number of hydrogen-bond acceptors (Lipinski definition) is 17. The van der Waals surface area contributed by atoms with E-state index in [1.165, 1.54) is 73.2 Å². The summed E-state index contributed by atoms with van der Waals surface area (Å²) in [4.78, 5) is 58.8. The Kier molecular flexibility index (Phi) is 28.9. The molecule has 8 aromatic carbocycles. The highest BCUT2D eigenvalue weighted by atomic mass is 35.5. The second kappa shape index (κ2) is 38.7. The number of carbonyl (C=O) groups is 5. The molecule has 510 valence electrons. The zero-order chi connectivity index (χ0) is 72.0. The van der Waals surface area contributed by atoms with E-state index in [2.05, 4.69) is 83.4 Å². The minimum atomic E-state index is -0.267. The Labute approximate surface area is 615 Å². The molecule has 101 heavy (non-hydrogen) atoms. The minimum absolute atomic E-state index is 0.267. The van der Waals surface area contributed by atoms with Gasteiger partial charge in [0.15, 0.2) is 0 Å². The largest absolute Gasteiger partial charge is 0.351 e. The maximum atomic E-state index is 12.0. The molecule has 12 rings (SSSR count). The molecule has 0 aliphatic rings. The number of aromatic nitrogens is 16. The zero-order valence-corrected chi connectivity index (χ0v) is 58.4. The number of nitrogens with one attached hydrogen (secondary N) is 4. The molecule has 26 nitrogen and oxygen atoms in total. The van der Waals surface area contributed by atoms with Gasteiger partial charge in [0.1, 0.15) is 25.3 Å². The van der Waals surface area contributed by atoms with Crippen LogP contribution >= 0.6 is 92.8 Å². The number of rotatable bonds is 17. The van der Waals surface area contributed by atoms with Gasteiger partial charge in [0.2, 0.25) is 30.0 Å². The lowest BCUT2D eigenvalue weighted by Gasteiger charge is -2.04. The van der Waals surface area contributed by atoms with E-state index < -0.39 is 0 Å². The number of amides is 5. The summed E-state index contributed by atoms with van der Waals surface area (Å²) in [5, 5.41) is 58.9. The summed E-state index contributed by atoms with van der Waals surface area (Å²) < 4.78 is 6.09. The Morgan fingerprint density at radius 1 is 0.327 bits per heavy atom. The van der Waals surface area contributed by atoms with Gasteiger partial charge in [-0.25, -0.2) is 18.7 Å². The number of halogens is 8. The van der Waals surface area contributed by atoms with Crippen LogP contribution in [0.15, 0.2) is 219 Å². The number of nitrogens with zero attached hydrogens (tertiary/aromatic N) is 17. The standard InChI is InChI=1S/4C16H11Cl2N5O.C3H7NO/c4*17-12-3-1-11(15(18)9-12)2-8-16(24)20-13-4-6-14(7-5-13)23-10-19-21-22-23;1-4(2)3-5/h4*1-10H,(H,20,24);3H,1-2H3/b4*8-2+;. The molecular formula is C67H51Cl8N21O5. The van der Waals surface area contributed by atoms with Crippen LogP contribution < -0.4 is 21.3 Å². The molecule has 0 unspecified atom stereocenters. The SMILES string of the molecule is CN(C)C=O.O=C(/C=C/c1ccc(Cl)cc1Cl)Nc1ccc(-n2cnnn2)cc1.O=C(/C=C/c1ccc(Cl)cc1Cl)Nc1ccc(-n2cnnn2)cc1.O=C(/C=C/c1ccc(Cl)cc1Cl)Nc1ccc(-n2cnnn2)cc1.O=C(/C=C/c1ccc(Cl)cc1Cl)Nc1ccc(-n2cnnn2)cc1. The summed E-state index contributed by atoms with van der Waals surface area (Å²) in [5.41, 5.74) is 8.65. The van der Waals surface area contributed by atoms with Crippen LogP contribution in [0.4, 0.5) is 22.7 Å². The van der Waals surface area contributed by atoms with Crippen LogP contribution in [0, 0.1) is 0 Å². The first-order chi connectivity index (χ1) is 48.7. The van der Waals surface area contributed by atoms with Gasteiger partial charge in [0.25, 0.3) is 0 Å². The van der Waals surface area contributed by atoms with Gasteiger partial charge in [-0.1, -0.05) is 117 Å². The van der Waals surface area contributed by atoms with Gasteiger partial charge in [-0.3, -0.25) is 24.0 Å². The zero-order valence-electron chi connectivity index (χ0n) is 52.3. The lowest BCUT2D eigenvalue weighted by Crippen LogP contribution is -2.07. The summed E-state index contributed by atoms with van der Waals surface area (Å²) in [6.07, 6.45) is 18.9. The van der Waals surface area contributed by atoms with Gasteiger partial charge in [-0.15, -0.1) is 20.4 Å². The molecule has 0 saturated heterocycles. The Morgan fingerprint density at radius 2 is 0.525 bits per heavy atom. The summed E-state index contributed by atoms with van der Waals surface area (Å²) >= 11 is 47.6. The summed E-state index contributed by atoms with van der Waals surface area (Å²) in [5.74, 6) is -1.07. The molecule has 34 heteroatoms. The molecule has 0 bridgehead atoms. The molecule has 0 aliphatic carbocycles. The van der Waals surface area contributed by atoms with E-state index in [0.717, 1.165) is 29.2 Å². The topological polar surface area (TPSA) is 311 Å². The average molecular weight is 1510 g/mol. The molecule has 4 heterocycles. The Morgan fingerprint density at radius 3 is 0.683 bits per heavy atom. The van der Waals surface area contributed by atoms with Crippen molar-refractivity contribution in [2.75, 3.05) is 35.4 Å². The second-order valence-corrected chi connectivity index (χ2v) is 23.6. The van der Waals surface area contributed by atoms with E-state index in [1.807, 2.05) is 0 Å². The number of tetrazole rings is 4. The predicted molar refractivity (Wildman–Crippen MR) is 393 cm³/mol. The predicted octanol–water partition coefficient (Wildman–Crippen LogP) is 14.2. The first-order valence-corrected chi connectivity index (χ1v) is 32.0. The van der Waals surface area contributed by atoms with Crippen molar-refractivity contribution in [1.82, 2.24) is 85.7 Å². The van der Waals surface area contributed by atoms with Crippen LogP contribution in [-0.2, 0) is 24.0 Å². The van der Waals surface area contributed by atoms with Gasteiger partial charge in [0, 0.05) is 101 Å². The summed E-state index contributed by atoms with van der Waals surface area (Å²) in [6, 6.07) is 48.8. The smallest absolute Gasteiger partial charge is 0.248 e. The van der Waals surface area contributed by atoms with Crippen LogP contribution in [-0.4, -0.2) is 130 Å². The van der Waals surface area contributed by atoms with E-state index in [9.17, 15) is 24.0 Å². The third-order valence-electron chi connectivity index (χ3n) is 12.7. The first kappa shape index (κ1) is 75.4. The highest BCUT2D eigenvalue weighted by Gasteiger charge is 2.08. The second-order valence-electron chi connectivity index (χ2n) is 20.2. The van der Waals surface area contributed by atoms with Crippen LogP contribution in [0.1, 0.15) is 22.3 Å². The number of benzene rings is 8. The maximum Gasteiger partial charge on any atom is 0.248 e. The van der Waals surface area contributed by atoms with Crippen molar-refractivity contribution in [3.8, 4) is 22.7 Å². The van der Waals surface area contributed by atoms with E-state index in [4.69, 9.17) is 92.8 Å². The average Bonchev–Trinajstić information content (AvgIpc) is 1.84. The number of hydrogen-bond donors (Lipinski definition) is 4. The van der Waals surface area contributed by atoms with E-state index in [-0.39, 0.29) is 23.6 Å². The van der Waals surface area contributed by atoms with Gasteiger partial charge < -0.3 is 26.2 Å². The molecule has 12 aromatic rings. The lowest BCUT2D eigenvalue weighted by molar-refractivity contribution is -0.116. The van der Waals surface area contributed by atoms with Crippen molar-refractivity contribution in [1.29, 1.82) is 0 Å². The molecule has 0 saturated carbocycles. The first-order valence-electron chi connectivity index (χ1n) is 29.0. The van der Waals surface area contributed by atoms with Gasteiger partial charge in [-0.05, 0) is 234 Å². The Bertz CT molecular complexity index is 4220. The summed E-state index contributed by atoms with van der Waals surface area (Å²) in [6.45, 7) is 0. The maximum absolute atomic E-state index is 12.0. The van der Waals surface area contributed by atoms with Crippen LogP contribution in [0.2, 0.25) is 40.2 Å². The van der Waals surface area contributed by atoms with Gasteiger partial charge in [-0.2, -0.15) is 0 Å². The quantitative estimate of drug-likeness (QED) is 0.0486. The minimum Gasteiger partial charge on any atom is -0.351 e. The molecule has 0 atom stereocenters. The monoisotopic (exact) mass is 1510 g/mol. The van der Waals surface area contributed by atoms with Crippen LogP contribution in [0.5, 0.6) is 0 Å². The molecule has 0 radical (unpaired) electrons. The van der Waals surface area contributed by atoms with Crippen molar-refractivity contribution >= 4 is 170 Å². The highest BCUT2D eigenvalue weighted by molar-refractivity contribution is 6.37. The van der Waals surface area contributed by atoms with Crippen molar-refractivity contribution in [2.24, 2.45) is 0 Å². The summed E-state index contributed by atoms with van der Waals surface area (Å²) in [7, 11) is 3.38. The highest BCUT2D eigenvalue weighted by Crippen LogP contribution is 2.26. The van der Waals surface area contributed by atoms with E-state index in [0.29, 0.717) is 85.2 Å². The third-order valence-corrected chi connectivity index (χ3v) is 15.0. The third kappa shape index (κ3) is 25.2. The normalized spacial score (nSPS) is 10.7. The van der Waals surface area contributed by atoms with Gasteiger partial charge in [0.05, 0.1) is 22.7 Å². The molecule has 0 aliphatic heterocycles. The molecular weight excluding hydrogens is 1460 g/mol. The number of carbonyl (C=O) groups excluding carboxylic acids is 5. The van der Waals surface area contributed by atoms with Crippen molar-refractivity contribution in [2.45, 2.75) is 0 Å². The van der Waals surface area contributed by atoms with Crippen LogP contribution in [0.3, 0.4) is 0 Å².